The third-order valence-corrected chi connectivity index (χ3v) is 3.49. The van der Waals surface area contributed by atoms with E-state index in [1.807, 2.05) is 0 Å². The molecule has 1 aliphatic rings. The average Bonchev–Trinajstić information content (AvgIpc) is 2.04. The van der Waals surface area contributed by atoms with Crippen molar-refractivity contribution in [3.8, 4) is 0 Å². The quantitative estimate of drug-likeness (QED) is 0.622. The topological polar surface area (TPSA) is 17.1 Å². The van der Waals surface area contributed by atoms with Crippen molar-refractivity contribution in [2.24, 2.45) is 5.92 Å². The summed E-state index contributed by atoms with van der Waals surface area (Å²) in [5.41, 5.74) is 0. The van der Waals surface area contributed by atoms with E-state index < -0.39 is 0 Å². The lowest BCUT2D eigenvalue weighted by Gasteiger charge is -2.24. The maximum atomic E-state index is 11.1. The van der Waals surface area contributed by atoms with Crippen LogP contribution >= 0.6 is 33.3 Å². The second kappa shape index (κ2) is 4.58. The summed E-state index contributed by atoms with van der Waals surface area (Å²) in [6.07, 6.45) is 4.12. The second-order valence-electron chi connectivity index (χ2n) is 2.80. The molecule has 1 rings (SSSR count). The summed E-state index contributed by atoms with van der Waals surface area (Å²) >= 11 is 5.96. The summed E-state index contributed by atoms with van der Waals surface area (Å²) in [6, 6.07) is 0. The van der Waals surface area contributed by atoms with Gasteiger partial charge in [0.05, 0.1) is 0 Å². The molecule has 2 atom stereocenters. The molecule has 0 aliphatic heterocycles. The number of hydrogen-bond acceptors (Lipinski definition) is 2. The van der Waals surface area contributed by atoms with E-state index in [4.69, 9.17) is 22.3 Å². The van der Waals surface area contributed by atoms with Gasteiger partial charge < -0.3 is 0 Å². The fourth-order valence-electron chi connectivity index (χ4n) is 1.41. The molecule has 0 N–H and O–H groups in total. The highest BCUT2D eigenvalue weighted by Crippen LogP contribution is 2.32. The van der Waals surface area contributed by atoms with Gasteiger partial charge in [-0.1, -0.05) is 12.8 Å². The fourth-order valence-corrected chi connectivity index (χ4v) is 2.62. The number of hydrogen-bond donors (Lipinski definition) is 0. The molecule has 1 saturated carbocycles. The lowest BCUT2D eigenvalue weighted by molar-refractivity contribution is -0.114. The van der Waals surface area contributed by atoms with Crippen LogP contribution in [0, 0.1) is 5.92 Å². The number of rotatable bonds is 1. The van der Waals surface area contributed by atoms with Crippen molar-refractivity contribution in [1.82, 2.24) is 0 Å². The molecular formula is C7H10Cl2OS. The highest BCUT2D eigenvalue weighted by atomic mass is 35.7. The van der Waals surface area contributed by atoms with Crippen molar-refractivity contribution >= 4 is 38.4 Å². The molecule has 0 heterocycles. The van der Waals surface area contributed by atoms with Crippen LogP contribution in [0.4, 0.5) is 0 Å². The molecule has 0 aromatic heterocycles. The molecule has 64 valence electrons. The van der Waals surface area contributed by atoms with Crippen LogP contribution in [0.25, 0.3) is 0 Å². The van der Waals surface area contributed by atoms with Crippen molar-refractivity contribution in [3.63, 3.8) is 0 Å². The first-order valence-corrected chi connectivity index (χ1v) is 5.80. The summed E-state index contributed by atoms with van der Waals surface area (Å²) in [6.45, 7) is 0. The van der Waals surface area contributed by atoms with Crippen LogP contribution in [0.15, 0.2) is 0 Å². The van der Waals surface area contributed by atoms with Gasteiger partial charge in [-0.05, 0) is 23.5 Å². The van der Waals surface area contributed by atoms with Crippen LogP contribution in [0.2, 0.25) is 0 Å². The van der Waals surface area contributed by atoms with Crippen LogP contribution in [-0.2, 0) is 4.79 Å². The van der Waals surface area contributed by atoms with E-state index in [-0.39, 0.29) is 16.4 Å². The Balaban J connectivity index is 2.47. The molecule has 1 fully saturated rings. The Morgan fingerprint density at radius 3 is 2.55 bits per heavy atom. The molecular weight excluding hydrogens is 203 g/mol. The zero-order chi connectivity index (χ0) is 8.27. The average molecular weight is 213 g/mol. The van der Waals surface area contributed by atoms with Crippen LogP contribution < -0.4 is 0 Å². The minimum Gasteiger partial charge on any atom is -0.286 e. The van der Waals surface area contributed by atoms with Gasteiger partial charge in [0.25, 0.3) is 0 Å². The molecule has 0 spiro atoms. The van der Waals surface area contributed by atoms with E-state index >= 15 is 0 Å². The molecule has 0 amide bonds. The summed E-state index contributed by atoms with van der Waals surface area (Å²) in [4.78, 5) is 11.1. The first kappa shape index (κ1) is 9.69. The Morgan fingerprint density at radius 2 is 2.00 bits per heavy atom. The second-order valence-corrected chi connectivity index (χ2v) is 4.38. The first-order chi connectivity index (χ1) is 5.25. The lowest BCUT2D eigenvalue weighted by atomic mass is 9.90. The Kier molecular flexibility index (Phi) is 4.04. The number of alkyl halides is 1. The van der Waals surface area contributed by atoms with E-state index in [1.54, 1.807) is 0 Å². The molecule has 11 heavy (non-hydrogen) atoms. The fraction of sp³-hybridized carbons (Fsp3) is 0.857. The van der Waals surface area contributed by atoms with Crippen LogP contribution in [-0.4, -0.2) is 10.5 Å². The van der Waals surface area contributed by atoms with Gasteiger partial charge in [0.2, 0.25) is 5.12 Å². The molecule has 0 bridgehead atoms. The molecule has 0 aromatic carbocycles. The third kappa shape index (κ3) is 2.53. The van der Waals surface area contributed by atoms with Crippen LogP contribution in [0.1, 0.15) is 25.7 Å². The molecule has 1 aliphatic carbocycles. The maximum absolute atomic E-state index is 11.1. The highest BCUT2D eigenvalue weighted by molar-refractivity contribution is 8.32. The number of halogens is 2. The molecule has 0 saturated heterocycles. The van der Waals surface area contributed by atoms with E-state index in [0.717, 1.165) is 36.7 Å². The van der Waals surface area contributed by atoms with Gasteiger partial charge in [0.15, 0.2) is 0 Å². The van der Waals surface area contributed by atoms with E-state index in [1.165, 1.54) is 0 Å². The molecule has 2 unspecified atom stereocenters. The summed E-state index contributed by atoms with van der Waals surface area (Å²) < 4.78 is 0. The third-order valence-electron chi connectivity index (χ3n) is 2.06. The van der Waals surface area contributed by atoms with Gasteiger partial charge in [-0.25, -0.2) is 0 Å². The minimum atomic E-state index is -0.00656. The largest absolute Gasteiger partial charge is 0.286 e. The Bertz CT molecular complexity index is 151. The minimum absolute atomic E-state index is 0.00656. The van der Waals surface area contributed by atoms with Gasteiger partial charge in [-0.2, -0.15) is 0 Å². The van der Waals surface area contributed by atoms with Crippen molar-refractivity contribution in [1.29, 1.82) is 0 Å². The lowest BCUT2D eigenvalue weighted by Crippen LogP contribution is -2.25. The van der Waals surface area contributed by atoms with Gasteiger partial charge in [0.1, 0.15) is 0 Å². The molecule has 4 heteroatoms. The first-order valence-electron chi connectivity index (χ1n) is 3.72. The van der Waals surface area contributed by atoms with E-state index in [9.17, 15) is 4.79 Å². The van der Waals surface area contributed by atoms with Crippen molar-refractivity contribution in [2.45, 2.75) is 31.1 Å². The monoisotopic (exact) mass is 212 g/mol. The van der Waals surface area contributed by atoms with Gasteiger partial charge in [0, 0.05) is 22.3 Å². The van der Waals surface area contributed by atoms with E-state index in [2.05, 4.69) is 0 Å². The summed E-state index contributed by atoms with van der Waals surface area (Å²) in [5.74, 6) is -0.00656. The number of carbonyl (C=O) groups is 1. The Hall–Kier alpha value is 0.600. The molecule has 0 aromatic rings. The highest BCUT2D eigenvalue weighted by Gasteiger charge is 2.29. The van der Waals surface area contributed by atoms with Gasteiger partial charge >= 0.3 is 0 Å². The normalized spacial score (nSPS) is 31.8. The zero-order valence-corrected chi connectivity index (χ0v) is 8.38. The van der Waals surface area contributed by atoms with Gasteiger partial charge in [-0.3, -0.25) is 4.79 Å². The zero-order valence-electron chi connectivity index (χ0n) is 6.06. The van der Waals surface area contributed by atoms with Gasteiger partial charge in [-0.15, -0.1) is 11.6 Å². The van der Waals surface area contributed by atoms with Crippen molar-refractivity contribution in [3.05, 3.63) is 0 Å². The van der Waals surface area contributed by atoms with Crippen LogP contribution in [0.5, 0.6) is 0 Å². The van der Waals surface area contributed by atoms with Crippen molar-refractivity contribution < 1.29 is 4.79 Å². The molecule has 0 radical (unpaired) electrons. The predicted molar refractivity (Wildman–Crippen MR) is 50.1 cm³/mol. The standard InChI is InChI=1S/C7H10Cl2OS/c8-6-4-2-1-3-5(6)7(10)11-9/h5-6H,1-4H2. The van der Waals surface area contributed by atoms with Crippen molar-refractivity contribution in [2.75, 3.05) is 0 Å². The van der Waals surface area contributed by atoms with E-state index in [0.29, 0.717) is 0 Å². The maximum Gasteiger partial charge on any atom is 0.208 e. The predicted octanol–water partition coefficient (Wildman–Crippen LogP) is 3.20. The number of carbonyl (C=O) groups excluding carboxylic acids is 1. The Morgan fingerprint density at radius 1 is 1.36 bits per heavy atom. The van der Waals surface area contributed by atoms with Crippen LogP contribution in [0.3, 0.4) is 0 Å². The SMILES string of the molecule is O=C(SCl)C1CCCCC1Cl. The molecule has 1 nitrogen and oxygen atoms in total. The Labute approximate surface area is 80.3 Å². The summed E-state index contributed by atoms with van der Waals surface area (Å²) in [7, 11) is 6.14. The summed E-state index contributed by atoms with van der Waals surface area (Å²) in [5, 5.41) is 0.0499. The smallest absolute Gasteiger partial charge is 0.208 e.